The molecule has 0 saturated carbocycles. The van der Waals surface area contributed by atoms with E-state index in [0.717, 1.165) is 11.3 Å². The van der Waals surface area contributed by atoms with Crippen molar-refractivity contribution in [2.75, 3.05) is 5.43 Å². The predicted octanol–water partition coefficient (Wildman–Crippen LogP) is 6.98. The van der Waals surface area contributed by atoms with Crippen LogP contribution >= 0.6 is 0 Å². The first-order chi connectivity index (χ1) is 13.0. The Bertz CT molecular complexity index is 859. The second-order valence-corrected chi connectivity index (χ2v) is 7.89. The van der Waals surface area contributed by atoms with E-state index in [9.17, 15) is 0 Å². The molecule has 2 aromatic rings. The van der Waals surface area contributed by atoms with Crippen LogP contribution in [0.1, 0.15) is 74.6 Å². The molecule has 0 spiro atoms. The number of hydrogen-bond acceptors (Lipinski definition) is 2. The molecule has 0 heterocycles. The highest BCUT2D eigenvalue weighted by molar-refractivity contribution is 5.83. The van der Waals surface area contributed by atoms with Crippen molar-refractivity contribution in [2.24, 2.45) is 5.10 Å². The summed E-state index contributed by atoms with van der Waals surface area (Å²) in [5.41, 5.74) is 10.9. The number of hydrogen-bond donors (Lipinski definition) is 1. The minimum Gasteiger partial charge on any atom is -0.278 e. The lowest BCUT2D eigenvalue weighted by Gasteiger charge is -2.19. The van der Waals surface area contributed by atoms with Crippen molar-refractivity contribution in [2.45, 2.75) is 52.4 Å². The van der Waals surface area contributed by atoms with Gasteiger partial charge in [0.15, 0.2) is 0 Å². The average Bonchev–Trinajstić information content (AvgIpc) is 3.07. The van der Waals surface area contributed by atoms with E-state index in [0.29, 0.717) is 17.8 Å². The highest BCUT2D eigenvalue weighted by Gasteiger charge is 2.16. The van der Waals surface area contributed by atoms with Crippen molar-refractivity contribution in [3.05, 3.63) is 88.5 Å². The van der Waals surface area contributed by atoms with Crippen molar-refractivity contribution in [3.63, 3.8) is 0 Å². The van der Waals surface area contributed by atoms with Gasteiger partial charge in [-0.05, 0) is 41.0 Å². The number of allylic oxidation sites excluding steroid dienone is 4. The highest BCUT2D eigenvalue weighted by Crippen LogP contribution is 2.33. The van der Waals surface area contributed by atoms with Crippen molar-refractivity contribution in [1.82, 2.24) is 0 Å². The molecule has 2 heteroatoms. The van der Waals surface area contributed by atoms with Crippen molar-refractivity contribution in [1.29, 1.82) is 0 Å². The van der Waals surface area contributed by atoms with Crippen molar-refractivity contribution in [3.8, 4) is 0 Å². The summed E-state index contributed by atoms with van der Waals surface area (Å²) in [5, 5.41) is 4.64. The number of rotatable bonds is 6. The Labute approximate surface area is 163 Å². The number of benzene rings is 2. The van der Waals surface area contributed by atoms with Crippen LogP contribution in [0.15, 0.2) is 71.4 Å². The van der Waals surface area contributed by atoms with E-state index < -0.39 is 0 Å². The minimum atomic E-state index is 0.349. The van der Waals surface area contributed by atoms with Crippen LogP contribution in [0.3, 0.4) is 0 Å². The van der Waals surface area contributed by atoms with Crippen LogP contribution < -0.4 is 5.43 Å². The molecule has 1 aliphatic rings. The molecule has 0 fully saturated rings. The molecule has 27 heavy (non-hydrogen) atoms. The molecule has 140 valence electrons. The molecule has 0 aliphatic heterocycles. The molecule has 0 radical (unpaired) electrons. The highest BCUT2D eigenvalue weighted by atomic mass is 15.3. The predicted molar refractivity (Wildman–Crippen MR) is 118 cm³/mol. The maximum atomic E-state index is 4.64. The molecule has 0 saturated heterocycles. The lowest BCUT2D eigenvalue weighted by Crippen LogP contribution is -2.04. The first-order valence-electron chi connectivity index (χ1n) is 9.84. The maximum Gasteiger partial charge on any atom is 0.0630 e. The van der Waals surface area contributed by atoms with Gasteiger partial charge >= 0.3 is 0 Å². The van der Waals surface area contributed by atoms with Crippen LogP contribution in [0.5, 0.6) is 0 Å². The van der Waals surface area contributed by atoms with E-state index in [1.807, 2.05) is 6.21 Å². The molecule has 0 amide bonds. The Kier molecular flexibility index (Phi) is 5.95. The molecular formula is C25H30N2. The number of anilines is 1. The molecule has 2 aromatic carbocycles. The zero-order chi connectivity index (χ0) is 19.4. The third kappa shape index (κ3) is 4.21. The SMILES string of the molecule is CC1=CC=CC1c1ccccc1C=NNc1c(C(C)C)cccc1C(C)C. The van der Waals surface area contributed by atoms with Gasteiger partial charge in [-0.1, -0.05) is 94.0 Å². The average molecular weight is 359 g/mol. The molecule has 2 nitrogen and oxygen atoms in total. The second-order valence-electron chi connectivity index (χ2n) is 7.89. The summed E-state index contributed by atoms with van der Waals surface area (Å²) in [6, 6.07) is 15.0. The summed E-state index contributed by atoms with van der Waals surface area (Å²) in [5.74, 6) is 1.25. The van der Waals surface area contributed by atoms with Gasteiger partial charge in [0.1, 0.15) is 0 Å². The van der Waals surface area contributed by atoms with Crippen LogP contribution in [0.4, 0.5) is 5.69 Å². The minimum absolute atomic E-state index is 0.349. The van der Waals surface area contributed by atoms with E-state index in [1.165, 1.54) is 22.3 Å². The molecule has 1 unspecified atom stereocenters. The Morgan fingerprint density at radius 2 is 1.59 bits per heavy atom. The first-order valence-corrected chi connectivity index (χ1v) is 9.84. The maximum absolute atomic E-state index is 4.64. The summed E-state index contributed by atoms with van der Waals surface area (Å²) in [7, 11) is 0. The fraction of sp³-hybridized carbons (Fsp3) is 0.320. The van der Waals surface area contributed by atoms with E-state index >= 15 is 0 Å². The molecular weight excluding hydrogens is 328 g/mol. The summed E-state index contributed by atoms with van der Waals surface area (Å²) in [4.78, 5) is 0. The van der Waals surface area contributed by atoms with Gasteiger partial charge in [-0.15, -0.1) is 0 Å². The Morgan fingerprint density at radius 1 is 0.926 bits per heavy atom. The fourth-order valence-corrected chi connectivity index (χ4v) is 3.68. The standard InChI is InChI=1S/C25H30N2/c1-17(2)21-13-9-14-22(18(3)4)25(21)27-26-16-20-11-6-7-12-24(20)23-15-8-10-19(23)5/h6-18,23,27H,1-5H3. The van der Waals surface area contributed by atoms with Gasteiger partial charge in [0, 0.05) is 5.92 Å². The Morgan fingerprint density at radius 3 is 2.19 bits per heavy atom. The van der Waals surface area contributed by atoms with Crippen molar-refractivity contribution >= 4 is 11.9 Å². The number of hydrazone groups is 1. The van der Waals surface area contributed by atoms with Crippen LogP contribution in [0.2, 0.25) is 0 Å². The van der Waals surface area contributed by atoms with E-state index in [4.69, 9.17) is 0 Å². The van der Waals surface area contributed by atoms with E-state index in [-0.39, 0.29) is 0 Å². The summed E-state index contributed by atoms with van der Waals surface area (Å²) < 4.78 is 0. The Balaban J connectivity index is 1.90. The van der Waals surface area contributed by atoms with E-state index in [1.54, 1.807) is 0 Å². The first kappa shape index (κ1) is 19.2. The van der Waals surface area contributed by atoms with Gasteiger partial charge in [0.25, 0.3) is 0 Å². The smallest absolute Gasteiger partial charge is 0.0630 e. The third-order valence-corrected chi connectivity index (χ3v) is 5.24. The monoisotopic (exact) mass is 358 g/mol. The summed E-state index contributed by atoms with van der Waals surface area (Å²) in [6.45, 7) is 11.1. The van der Waals surface area contributed by atoms with E-state index in [2.05, 4.69) is 106 Å². The molecule has 1 aliphatic carbocycles. The van der Waals surface area contributed by atoms with Gasteiger partial charge in [-0.2, -0.15) is 5.10 Å². The molecule has 0 bridgehead atoms. The quantitative estimate of drug-likeness (QED) is 0.437. The normalized spacial score (nSPS) is 16.6. The molecule has 3 rings (SSSR count). The molecule has 1 N–H and O–H groups in total. The molecule has 1 atom stereocenters. The lowest BCUT2D eigenvalue weighted by atomic mass is 9.91. The van der Waals surface area contributed by atoms with Gasteiger partial charge < -0.3 is 0 Å². The van der Waals surface area contributed by atoms with Crippen LogP contribution in [-0.4, -0.2) is 6.21 Å². The zero-order valence-corrected chi connectivity index (χ0v) is 17.0. The lowest BCUT2D eigenvalue weighted by molar-refractivity contribution is 0.835. The third-order valence-electron chi connectivity index (χ3n) is 5.24. The van der Waals surface area contributed by atoms with Gasteiger partial charge in [0.2, 0.25) is 0 Å². The zero-order valence-electron chi connectivity index (χ0n) is 17.0. The number of nitrogens with one attached hydrogen (secondary N) is 1. The van der Waals surface area contributed by atoms with Crippen LogP contribution in [0, 0.1) is 0 Å². The van der Waals surface area contributed by atoms with Crippen molar-refractivity contribution < 1.29 is 0 Å². The van der Waals surface area contributed by atoms with Gasteiger partial charge in [-0.3, -0.25) is 5.43 Å². The summed E-state index contributed by atoms with van der Waals surface area (Å²) in [6.07, 6.45) is 8.53. The van der Waals surface area contributed by atoms with Gasteiger partial charge in [0.05, 0.1) is 11.9 Å². The molecule has 0 aromatic heterocycles. The summed E-state index contributed by atoms with van der Waals surface area (Å²) >= 11 is 0. The number of nitrogens with zero attached hydrogens (tertiary/aromatic N) is 1. The fourth-order valence-electron chi connectivity index (χ4n) is 3.68. The largest absolute Gasteiger partial charge is 0.278 e. The van der Waals surface area contributed by atoms with Gasteiger partial charge in [-0.25, -0.2) is 0 Å². The van der Waals surface area contributed by atoms with Crippen LogP contribution in [0.25, 0.3) is 0 Å². The number of para-hydroxylation sites is 1. The topological polar surface area (TPSA) is 24.4 Å². The van der Waals surface area contributed by atoms with Crippen LogP contribution in [-0.2, 0) is 0 Å². The second kappa shape index (κ2) is 8.39. The Hall–Kier alpha value is -2.61.